The zero-order chi connectivity index (χ0) is 12.3. The van der Waals surface area contributed by atoms with Gasteiger partial charge in [-0.1, -0.05) is 12.2 Å². The fraction of sp³-hybridized carbons (Fsp3) is 0.765. The topological polar surface area (TPSA) is 34.1 Å². The summed E-state index contributed by atoms with van der Waals surface area (Å²) < 4.78 is 0. The zero-order valence-electron chi connectivity index (χ0n) is 10.7. The molecular formula is C17H16O2. The third kappa shape index (κ3) is 0.479. The van der Waals surface area contributed by atoms with E-state index in [0.717, 1.165) is 0 Å². The van der Waals surface area contributed by atoms with Gasteiger partial charge >= 0.3 is 0 Å². The first-order chi connectivity index (χ1) is 9.25. The number of carbonyl (C=O) groups excluding carboxylic acids is 2. The highest BCUT2D eigenvalue weighted by Gasteiger charge is 2.98. The van der Waals surface area contributed by atoms with Crippen molar-refractivity contribution in [1.82, 2.24) is 0 Å². The highest BCUT2D eigenvalue weighted by Crippen LogP contribution is 2.94. The minimum atomic E-state index is -0.177. The van der Waals surface area contributed by atoms with Gasteiger partial charge in [0.25, 0.3) is 0 Å². The van der Waals surface area contributed by atoms with E-state index in [9.17, 15) is 9.59 Å². The van der Waals surface area contributed by atoms with Crippen molar-refractivity contribution in [3.8, 4) is 0 Å². The number of hydrogen-bond acceptors (Lipinski definition) is 2. The van der Waals surface area contributed by atoms with Gasteiger partial charge in [0.2, 0.25) is 0 Å². The summed E-state index contributed by atoms with van der Waals surface area (Å²) in [7, 11) is 0. The lowest BCUT2D eigenvalue weighted by atomic mass is 9.28. The molecule has 6 fully saturated rings. The molecule has 0 aromatic rings. The number of ketones is 2. The molecule has 0 N–H and O–H groups in total. The van der Waals surface area contributed by atoms with E-state index in [1.165, 1.54) is 19.3 Å². The first-order valence-electron chi connectivity index (χ1n) is 8.02. The molecule has 8 aliphatic carbocycles. The van der Waals surface area contributed by atoms with Crippen LogP contribution < -0.4 is 0 Å². The average molecular weight is 252 g/mol. The first kappa shape index (κ1) is 9.10. The molecule has 0 saturated heterocycles. The van der Waals surface area contributed by atoms with Crippen molar-refractivity contribution in [2.75, 3.05) is 0 Å². The van der Waals surface area contributed by atoms with Crippen LogP contribution in [0.1, 0.15) is 19.3 Å². The molecule has 0 aromatic heterocycles. The van der Waals surface area contributed by atoms with Crippen LogP contribution in [0.15, 0.2) is 12.2 Å². The van der Waals surface area contributed by atoms with E-state index in [0.29, 0.717) is 47.1 Å². The Labute approximate surface area is 111 Å². The molecular weight excluding hydrogens is 236 g/mol. The van der Waals surface area contributed by atoms with Crippen LogP contribution in [-0.2, 0) is 9.59 Å². The minimum absolute atomic E-state index is 0.169. The second kappa shape index (κ2) is 2.08. The Morgan fingerprint density at radius 2 is 1.32 bits per heavy atom. The molecule has 0 radical (unpaired) electrons. The molecule has 96 valence electrons. The van der Waals surface area contributed by atoms with Gasteiger partial charge in [-0.3, -0.25) is 9.59 Å². The van der Waals surface area contributed by atoms with Crippen LogP contribution in [0.2, 0.25) is 0 Å². The van der Waals surface area contributed by atoms with Gasteiger partial charge in [-0.25, -0.2) is 0 Å². The highest BCUT2D eigenvalue weighted by molar-refractivity contribution is 6.12. The van der Waals surface area contributed by atoms with E-state index in [4.69, 9.17) is 0 Å². The summed E-state index contributed by atoms with van der Waals surface area (Å²) in [6.07, 6.45) is 8.20. The second-order valence-electron chi connectivity index (χ2n) is 8.31. The molecule has 0 aromatic carbocycles. The number of fused-ring (bicyclic) bond motifs is 2. The number of rotatable bonds is 0. The van der Waals surface area contributed by atoms with Crippen LogP contribution in [-0.4, -0.2) is 11.6 Å². The number of hydrogen-bond donors (Lipinski definition) is 0. The Morgan fingerprint density at radius 1 is 0.842 bits per heavy atom. The molecule has 0 unspecified atom stereocenters. The van der Waals surface area contributed by atoms with Gasteiger partial charge in [-0.15, -0.1) is 0 Å². The molecule has 2 nitrogen and oxygen atoms in total. The average Bonchev–Trinajstić information content (AvgIpc) is 2.95. The van der Waals surface area contributed by atoms with Crippen molar-refractivity contribution in [1.29, 1.82) is 0 Å². The van der Waals surface area contributed by atoms with Crippen molar-refractivity contribution in [3.05, 3.63) is 12.2 Å². The van der Waals surface area contributed by atoms with E-state index in [1.807, 2.05) is 0 Å². The van der Waals surface area contributed by atoms with Crippen LogP contribution in [0.25, 0.3) is 0 Å². The highest BCUT2D eigenvalue weighted by atomic mass is 16.2. The van der Waals surface area contributed by atoms with Crippen LogP contribution >= 0.6 is 0 Å². The minimum Gasteiger partial charge on any atom is -0.299 e. The fourth-order valence-electron chi connectivity index (χ4n) is 9.16. The van der Waals surface area contributed by atoms with Crippen molar-refractivity contribution in [2.24, 2.45) is 58.2 Å². The number of allylic oxidation sites excluding steroid dienone is 2. The second-order valence-corrected chi connectivity index (χ2v) is 8.31. The number of carbonyl (C=O) groups is 2. The quantitative estimate of drug-likeness (QED) is 0.617. The molecule has 6 saturated carbocycles. The largest absolute Gasteiger partial charge is 0.299 e. The molecule has 8 aliphatic rings. The Hall–Kier alpha value is -0.920. The third-order valence-corrected chi connectivity index (χ3v) is 8.85. The van der Waals surface area contributed by atoms with Gasteiger partial charge in [0.1, 0.15) is 11.6 Å². The van der Waals surface area contributed by atoms with E-state index >= 15 is 0 Å². The molecule has 2 spiro atoms. The standard InChI is InChI=1S/C17H16O2/c18-14-10-8-5-9-11(10)15(19)17-7-2-1-6(3-4-7)16(14,17)12(8)13(9)17/h1-2,6-13H,3-5H2/t6-,7+,8-,9+,10-,11+,12+,13-,16-,17+. The summed E-state index contributed by atoms with van der Waals surface area (Å²) in [4.78, 5) is 26.4. The van der Waals surface area contributed by atoms with Gasteiger partial charge in [-0.2, -0.15) is 0 Å². The van der Waals surface area contributed by atoms with Crippen LogP contribution in [0.4, 0.5) is 0 Å². The Bertz CT molecular complexity index is 594. The zero-order valence-corrected chi connectivity index (χ0v) is 10.7. The van der Waals surface area contributed by atoms with E-state index in [2.05, 4.69) is 12.2 Å². The molecule has 10 atom stereocenters. The number of Topliss-reactive ketones (excluding diaryl/α,β-unsaturated/α-hetero) is 2. The van der Waals surface area contributed by atoms with Gasteiger partial charge in [-0.05, 0) is 54.8 Å². The monoisotopic (exact) mass is 252 g/mol. The summed E-state index contributed by atoms with van der Waals surface area (Å²) >= 11 is 0. The summed E-state index contributed by atoms with van der Waals surface area (Å²) in [5.74, 6) is 4.75. The SMILES string of the molecule is O=C1[C@@H]2[C@H]3C[C@H]4[C@@H]2C(=O)[C@]25[C@H]4[C@H]3[C@]12[C@@H]1C=C[C@H]5CC1. The lowest BCUT2D eigenvalue weighted by Crippen LogP contribution is -2.75. The van der Waals surface area contributed by atoms with E-state index in [1.54, 1.807) is 0 Å². The molecule has 19 heavy (non-hydrogen) atoms. The molecule has 8 rings (SSSR count). The lowest BCUT2D eigenvalue weighted by Gasteiger charge is -2.72. The summed E-state index contributed by atoms with van der Waals surface area (Å²) in [6.45, 7) is 0. The van der Waals surface area contributed by atoms with Crippen LogP contribution in [0.3, 0.4) is 0 Å². The normalized spacial score (nSPS) is 75.2. The lowest BCUT2D eigenvalue weighted by molar-refractivity contribution is -0.232. The maximum absolute atomic E-state index is 13.2. The Kier molecular flexibility index (Phi) is 0.996. The molecule has 4 bridgehead atoms. The van der Waals surface area contributed by atoms with Crippen molar-refractivity contribution in [2.45, 2.75) is 19.3 Å². The van der Waals surface area contributed by atoms with Gasteiger partial charge in [0, 0.05) is 11.8 Å². The predicted molar refractivity (Wildman–Crippen MR) is 65.8 cm³/mol. The maximum atomic E-state index is 13.2. The summed E-state index contributed by atoms with van der Waals surface area (Å²) in [5, 5.41) is 0. The summed E-state index contributed by atoms with van der Waals surface area (Å²) in [6, 6.07) is 0. The predicted octanol–water partition coefficient (Wildman–Crippen LogP) is 1.85. The van der Waals surface area contributed by atoms with E-state index in [-0.39, 0.29) is 22.7 Å². The summed E-state index contributed by atoms with van der Waals surface area (Å²) in [5.41, 5.74) is -0.354. The van der Waals surface area contributed by atoms with Gasteiger partial charge in [0.15, 0.2) is 0 Å². The Balaban J connectivity index is 1.69. The van der Waals surface area contributed by atoms with Crippen LogP contribution in [0, 0.1) is 58.2 Å². The Morgan fingerprint density at radius 3 is 1.74 bits per heavy atom. The molecule has 0 amide bonds. The molecule has 0 heterocycles. The van der Waals surface area contributed by atoms with Crippen LogP contribution in [0.5, 0.6) is 0 Å². The third-order valence-electron chi connectivity index (χ3n) is 8.85. The maximum Gasteiger partial charge on any atom is 0.145 e. The first-order valence-corrected chi connectivity index (χ1v) is 8.02. The van der Waals surface area contributed by atoms with Gasteiger partial charge < -0.3 is 0 Å². The van der Waals surface area contributed by atoms with Crippen molar-refractivity contribution >= 4 is 11.6 Å². The fourth-order valence-corrected chi connectivity index (χ4v) is 9.16. The van der Waals surface area contributed by atoms with Crippen molar-refractivity contribution in [3.63, 3.8) is 0 Å². The van der Waals surface area contributed by atoms with Gasteiger partial charge in [0.05, 0.1) is 10.8 Å². The molecule has 2 heteroatoms. The smallest absolute Gasteiger partial charge is 0.145 e. The molecule has 0 aliphatic heterocycles. The van der Waals surface area contributed by atoms with Crippen molar-refractivity contribution < 1.29 is 9.59 Å². The van der Waals surface area contributed by atoms with E-state index < -0.39 is 0 Å².